The Morgan fingerprint density at radius 2 is 1.50 bits per heavy atom. The first-order valence-corrected chi connectivity index (χ1v) is 17.1. The summed E-state index contributed by atoms with van der Waals surface area (Å²) in [5.41, 5.74) is -0.170. The summed E-state index contributed by atoms with van der Waals surface area (Å²) in [6.45, 7) is 10.7. The Bertz CT molecular complexity index is 1460. The fourth-order valence-electron chi connectivity index (χ4n) is 3.23. The van der Waals surface area contributed by atoms with E-state index in [9.17, 15) is 30.8 Å². The van der Waals surface area contributed by atoms with Crippen molar-refractivity contribution in [2.24, 2.45) is 0 Å². The number of carbonyl (C=O) groups excluding carboxylic acids is 2. The van der Waals surface area contributed by atoms with Crippen LogP contribution in [0.25, 0.3) is 0 Å². The fraction of sp³-hybridized carbons (Fsp3) is 0.429. The van der Waals surface area contributed by atoms with E-state index in [0.29, 0.717) is 14.3 Å². The Labute approximate surface area is 252 Å². The molecule has 0 unspecified atom stereocenters. The van der Waals surface area contributed by atoms with Crippen LogP contribution >= 0.6 is 11.8 Å². The van der Waals surface area contributed by atoms with Gasteiger partial charge in [-0.25, -0.2) is 26.0 Å². The smallest absolute Gasteiger partial charge is 0.407 e. The van der Waals surface area contributed by atoms with E-state index in [0.717, 1.165) is 11.8 Å². The maximum absolute atomic E-state index is 14.4. The lowest BCUT2D eigenvalue weighted by molar-refractivity contribution is 0.0533. The third-order valence-electron chi connectivity index (χ3n) is 5.46. The number of carbonyl (C=O) groups is 2. The Morgan fingerprint density at radius 1 is 0.952 bits per heavy atom. The molecule has 0 bridgehead atoms. The number of rotatable bonds is 12. The number of sulfonamides is 2. The van der Waals surface area contributed by atoms with Gasteiger partial charge in [-0.2, -0.15) is 3.71 Å². The van der Waals surface area contributed by atoms with Gasteiger partial charge in [0.2, 0.25) is 0 Å². The number of halogens is 1. The quantitative estimate of drug-likeness (QED) is 0.281. The van der Waals surface area contributed by atoms with Gasteiger partial charge >= 0.3 is 6.09 Å². The van der Waals surface area contributed by atoms with Gasteiger partial charge in [-0.1, -0.05) is 12.1 Å². The van der Waals surface area contributed by atoms with Gasteiger partial charge in [0.25, 0.3) is 26.0 Å². The molecular weight excluding hydrogens is 606 g/mol. The molecule has 2 aromatic carbocycles. The lowest BCUT2D eigenvalue weighted by atomic mass is 10.2. The highest BCUT2D eigenvalue weighted by molar-refractivity contribution is 8.10. The molecule has 0 saturated heterocycles. The molecule has 14 heteroatoms. The van der Waals surface area contributed by atoms with Gasteiger partial charge in [0.15, 0.2) is 0 Å². The molecule has 2 aromatic rings. The minimum atomic E-state index is -4.22. The van der Waals surface area contributed by atoms with E-state index in [1.54, 1.807) is 45.0 Å². The van der Waals surface area contributed by atoms with Crippen molar-refractivity contribution in [1.82, 2.24) is 5.32 Å². The van der Waals surface area contributed by atoms with Gasteiger partial charge < -0.3 is 15.4 Å². The Morgan fingerprint density at radius 3 is 2.02 bits per heavy atom. The largest absolute Gasteiger partial charge is 0.444 e. The maximum atomic E-state index is 14.4. The van der Waals surface area contributed by atoms with Gasteiger partial charge in [0, 0.05) is 22.9 Å². The molecule has 0 aliphatic rings. The second-order valence-electron chi connectivity index (χ2n) is 10.7. The van der Waals surface area contributed by atoms with Crippen molar-refractivity contribution in [1.29, 1.82) is 0 Å². The first-order chi connectivity index (χ1) is 19.4. The van der Waals surface area contributed by atoms with Crippen LogP contribution < -0.4 is 14.3 Å². The summed E-state index contributed by atoms with van der Waals surface area (Å²) in [7, 11) is -8.43. The Kier molecular flexibility index (Phi) is 12.0. The van der Waals surface area contributed by atoms with Crippen molar-refractivity contribution in [3.05, 3.63) is 66.0 Å². The highest BCUT2D eigenvalue weighted by Crippen LogP contribution is 2.29. The number of amides is 2. The predicted molar refractivity (Wildman–Crippen MR) is 166 cm³/mol. The second-order valence-corrected chi connectivity index (χ2v) is 16.6. The minimum Gasteiger partial charge on any atom is -0.444 e. The number of hydrogen-bond donors (Lipinski definition) is 2. The van der Waals surface area contributed by atoms with Crippen LogP contribution in [-0.4, -0.2) is 57.2 Å². The van der Waals surface area contributed by atoms with Crippen molar-refractivity contribution >= 4 is 55.2 Å². The fourth-order valence-corrected chi connectivity index (χ4v) is 7.92. The Hall–Kier alpha value is -3.10. The average Bonchev–Trinajstić information content (AvgIpc) is 2.87. The van der Waals surface area contributed by atoms with Crippen LogP contribution in [0.1, 0.15) is 58.8 Å². The summed E-state index contributed by atoms with van der Waals surface area (Å²) in [6, 6.07) is 12.0. The molecule has 10 nitrogen and oxygen atoms in total. The van der Waals surface area contributed by atoms with Gasteiger partial charge in [0.1, 0.15) is 11.4 Å². The molecule has 232 valence electrons. The molecule has 0 spiro atoms. The van der Waals surface area contributed by atoms with E-state index in [1.807, 2.05) is 0 Å². The van der Waals surface area contributed by atoms with Gasteiger partial charge in [-0.15, -0.1) is 11.8 Å². The van der Waals surface area contributed by atoms with E-state index in [1.165, 1.54) is 58.0 Å². The lowest BCUT2D eigenvalue weighted by Gasteiger charge is -2.27. The van der Waals surface area contributed by atoms with Crippen LogP contribution in [0.5, 0.6) is 0 Å². The molecule has 2 N–H and O–H groups in total. The minimum absolute atomic E-state index is 0.0617. The number of anilines is 2. The van der Waals surface area contributed by atoms with Crippen LogP contribution in [0.2, 0.25) is 0 Å². The zero-order valence-corrected chi connectivity index (χ0v) is 27.1. The highest BCUT2D eigenvalue weighted by atomic mass is 32.3. The Balaban J connectivity index is 2.15. The van der Waals surface area contributed by atoms with Crippen LogP contribution in [0, 0.1) is 0 Å². The molecule has 0 aliphatic carbocycles. The molecule has 0 fully saturated rings. The SMILES string of the molecule is CC(C)S(=O)(=O)N(c1ccc(NC(=O)c2ccccc2SC/C(F)=C/CNC(=O)OC(C)(C)C)cc1)S(=O)(=O)C(C)C. The molecular formula is C28H38FN3O7S3. The van der Waals surface area contributed by atoms with Crippen molar-refractivity contribution in [2.75, 3.05) is 21.3 Å². The summed E-state index contributed by atoms with van der Waals surface area (Å²) in [5.74, 6) is -1.08. The number of benzene rings is 2. The molecule has 2 rings (SSSR count). The van der Waals surface area contributed by atoms with Gasteiger partial charge in [-0.05, 0) is 90.9 Å². The first kappa shape index (κ1) is 35.1. The molecule has 42 heavy (non-hydrogen) atoms. The molecule has 0 aliphatic heterocycles. The summed E-state index contributed by atoms with van der Waals surface area (Å²) < 4.78 is 71.7. The lowest BCUT2D eigenvalue weighted by Crippen LogP contribution is -2.44. The molecule has 2 amide bonds. The van der Waals surface area contributed by atoms with E-state index in [2.05, 4.69) is 10.6 Å². The first-order valence-electron chi connectivity index (χ1n) is 13.1. The van der Waals surface area contributed by atoms with Crippen LogP contribution in [0.4, 0.5) is 20.6 Å². The van der Waals surface area contributed by atoms with Crippen LogP contribution in [0.15, 0.2) is 65.3 Å². The average molecular weight is 644 g/mol. The van der Waals surface area contributed by atoms with Crippen molar-refractivity contribution in [2.45, 2.75) is 69.5 Å². The van der Waals surface area contributed by atoms with Crippen LogP contribution in [-0.2, 0) is 24.8 Å². The van der Waals surface area contributed by atoms with Crippen molar-refractivity contribution in [3.63, 3.8) is 0 Å². The summed E-state index contributed by atoms with van der Waals surface area (Å²) >= 11 is 1.09. The zero-order valence-electron chi connectivity index (χ0n) is 24.7. The van der Waals surface area contributed by atoms with Crippen LogP contribution in [0.3, 0.4) is 0 Å². The number of nitrogens with one attached hydrogen (secondary N) is 2. The number of hydrogen-bond acceptors (Lipinski definition) is 8. The third kappa shape index (κ3) is 9.73. The maximum Gasteiger partial charge on any atom is 0.407 e. The second kappa shape index (κ2) is 14.4. The number of alkyl carbamates (subject to hydrolysis) is 1. The standard InChI is InChI=1S/C28H38FN3O7S3/c1-19(2)41(35,36)32(42(37,38)20(3)4)23-14-12-22(13-15-23)31-26(33)24-10-8-9-11-25(24)40-18-21(29)16-17-30-27(34)39-28(5,6)7/h8-16,19-20H,17-18H2,1-7H3,(H,30,34)(H,31,33)/b21-16-. The normalized spacial score (nSPS) is 12.8. The van der Waals surface area contributed by atoms with E-state index in [4.69, 9.17) is 4.74 Å². The van der Waals surface area contributed by atoms with Crippen molar-refractivity contribution in [3.8, 4) is 0 Å². The zero-order chi connectivity index (χ0) is 31.9. The highest BCUT2D eigenvalue weighted by Gasteiger charge is 2.38. The molecule has 0 radical (unpaired) electrons. The monoisotopic (exact) mass is 643 g/mol. The number of ether oxygens (including phenoxy) is 1. The summed E-state index contributed by atoms with van der Waals surface area (Å²) in [5, 5.41) is 3.17. The van der Waals surface area contributed by atoms with E-state index < -0.39 is 54.0 Å². The molecule has 0 aromatic heterocycles. The topological polar surface area (TPSA) is 139 Å². The molecule has 0 heterocycles. The van der Waals surface area contributed by atoms with Gasteiger partial charge in [-0.3, -0.25) is 4.79 Å². The van der Waals surface area contributed by atoms with E-state index in [-0.39, 0.29) is 23.5 Å². The predicted octanol–water partition coefficient (Wildman–Crippen LogP) is 5.69. The van der Waals surface area contributed by atoms with Gasteiger partial charge in [0.05, 0.1) is 21.8 Å². The molecule has 0 saturated carbocycles. The van der Waals surface area contributed by atoms with Crippen molar-refractivity contribution < 1.29 is 35.6 Å². The summed E-state index contributed by atoms with van der Waals surface area (Å²) in [6.07, 6.45) is 0.550. The van der Waals surface area contributed by atoms with E-state index >= 15 is 0 Å². The third-order valence-corrected chi connectivity index (χ3v) is 11.5. The number of thioether (sulfide) groups is 1. The summed E-state index contributed by atoms with van der Waals surface area (Å²) in [4.78, 5) is 25.3. The molecule has 0 atom stereocenters. The number of nitrogens with zero attached hydrogens (tertiary/aromatic N) is 1.